The number of carbonyl (C=O) groups excluding carboxylic acids is 1. The van der Waals surface area contributed by atoms with E-state index in [2.05, 4.69) is 0 Å². The number of hydrogen-bond acceptors (Lipinski definition) is 3. The topological polar surface area (TPSA) is 64.3 Å². The number of rotatable bonds is 6. The average molecular weight is 246 g/mol. The molecule has 1 amide bonds. The van der Waals surface area contributed by atoms with Crippen molar-refractivity contribution in [1.82, 2.24) is 4.90 Å². The van der Waals surface area contributed by atoms with Gasteiger partial charge in [-0.25, -0.2) is 0 Å². The van der Waals surface area contributed by atoms with Gasteiger partial charge in [-0.1, -0.05) is 30.3 Å². The normalized spacial score (nSPS) is 11.6. The fraction of sp³-hybridized carbons (Fsp3) is 0.429. The lowest BCUT2D eigenvalue weighted by atomic mass is 10.1. The summed E-state index contributed by atoms with van der Waals surface area (Å²) in [5.74, 6) is -0.0960. The largest absolute Gasteiger partial charge is 0.393 e. The Balaban J connectivity index is 2.59. The van der Waals surface area contributed by atoms with E-state index in [0.29, 0.717) is 13.0 Å². The van der Waals surface area contributed by atoms with Crippen LogP contribution in [0.25, 0.3) is 0 Å². The Morgan fingerprint density at radius 1 is 1.44 bits per heavy atom. The van der Waals surface area contributed by atoms with Crippen LogP contribution in [0.1, 0.15) is 25.3 Å². The minimum atomic E-state index is -0.491. The summed E-state index contributed by atoms with van der Waals surface area (Å²) in [7, 11) is 0. The Morgan fingerprint density at radius 2 is 2.11 bits per heavy atom. The molecule has 0 bridgehead atoms. The van der Waals surface area contributed by atoms with E-state index in [1.165, 1.54) is 4.90 Å². The lowest BCUT2D eigenvalue weighted by molar-refractivity contribution is -0.131. The lowest BCUT2D eigenvalue weighted by Crippen LogP contribution is -2.31. The van der Waals surface area contributed by atoms with Crippen molar-refractivity contribution in [2.24, 2.45) is 0 Å². The lowest BCUT2D eigenvalue weighted by Gasteiger charge is -2.20. The summed E-state index contributed by atoms with van der Waals surface area (Å²) in [6.45, 7) is 2.17. The highest BCUT2D eigenvalue weighted by Crippen LogP contribution is 2.07. The van der Waals surface area contributed by atoms with Gasteiger partial charge in [-0.2, -0.15) is 5.26 Å². The summed E-state index contributed by atoms with van der Waals surface area (Å²) in [6.07, 6.45) is 0.205. The molecular formula is C14H18N2O2. The van der Waals surface area contributed by atoms with Gasteiger partial charge in [0.05, 0.1) is 12.2 Å². The van der Waals surface area contributed by atoms with E-state index in [1.54, 1.807) is 6.92 Å². The Labute approximate surface area is 107 Å². The SMILES string of the molecule is CC(O)CCC(=O)N(CC#N)Cc1ccccc1. The van der Waals surface area contributed by atoms with Crippen molar-refractivity contribution >= 4 is 5.91 Å². The highest BCUT2D eigenvalue weighted by molar-refractivity contribution is 5.76. The van der Waals surface area contributed by atoms with Gasteiger partial charge >= 0.3 is 0 Å². The second-order valence-corrected chi connectivity index (χ2v) is 4.28. The summed E-state index contributed by atoms with van der Waals surface area (Å²) < 4.78 is 0. The van der Waals surface area contributed by atoms with E-state index in [1.807, 2.05) is 36.4 Å². The van der Waals surface area contributed by atoms with Crippen molar-refractivity contribution in [3.8, 4) is 6.07 Å². The molecule has 0 aromatic heterocycles. The van der Waals surface area contributed by atoms with Crippen LogP contribution in [0.5, 0.6) is 0 Å². The van der Waals surface area contributed by atoms with Gasteiger partial charge in [0.2, 0.25) is 5.91 Å². The van der Waals surface area contributed by atoms with Crippen LogP contribution >= 0.6 is 0 Å². The average Bonchev–Trinajstić information content (AvgIpc) is 2.36. The van der Waals surface area contributed by atoms with E-state index in [-0.39, 0.29) is 18.9 Å². The summed E-state index contributed by atoms with van der Waals surface area (Å²) in [5.41, 5.74) is 0.998. The molecule has 0 aliphatic carbocycles. The minimum Gasteiger partial charge on any atom is -0.393 e. The van der Waals surface area contributed by atoms with Gasteiger partial charge in [-0.3, -0.25) is 4.79 Å². The van der Waals surface area contributed by atoms with Crippen molar-refractivity contribution in [1.29, 1.82) is 5.26 Å². The fourth-order valence-electron chi connectivity index (χ4n) is 1.61. The van der Waals surface area contributed by atoms with Gasteiger partial charge in [-0.15, -0.1) is 0 Å². The molecule has 4 heteroatoms. The molecule has 0 saturated heterocycles. The van der Waals surface area contributed by atoms with Gasteiger partial charge in [0.1, 0.15) is 6.54 Å². The van der Waals surface area contributed by atoms with E-state index in [9.17, 15) is 4.79 Å². The van der Waals surface area contributed by atoms with Crippen LogP contribution in [-0.4, -0.2) is 28.6 Å². The number of amides is 1. The zero-order valence-corrected chi connectivity index (χ0v) is 10.5. The standard InChI is InChI=1S/C14H18N2O2/c1-12(17)7-8-14(18)16(10-9-15)11-13-5-3-2-4-6-13/h2-6,12,17H,7-8,10-11H2,1H3. The third-order valence-electron chi connectivity index (χ3n) is 2.61. The number of hydrogen-bond donors (Lipinski definition) is 1. The molecule has 0 spiro atoms. The molecule has 0 aliphatic rings. The van der Waals surface area contributed by atoms with E-state index < -0.39 is 6.10 Å². The van der Waals surface area contributed by atoms with Crippen molar-refractivity contribution in [2.45, 2.75) is 32.4 Å². The first-order valence-corrected chi connectivity index (χ1v) is 6.00. The highest BCUT2D eigenvalue weighted by atomic mass is 16.3. The third kappa shape index (κ3) is 4.98. The molecule has 1 aromatic carbocycles. The summed E-state index contributed by atoms with van der Waals surface area (Å²) >= 11 is 0. The molecular weight excluding hydrogens is 228 g/mol. The molecule has 1 unspecified atom stereocenters. The molecule has 4 nitrogen and oxygen atoms in total. The number of aliphatic hydroxyl groups is 1. The molecule has 0 saturated carbocycles. The zero-order chi connectivity index (χ0) is 13.4. The molecule has 96 valence electrons. The molecule has 0 heterocycles. The van der Waals surface area contributed by atoms with Crippen molar-refractivity contribution < 1.29 is 9.90 Å². The van der Waals surface area contributed by atoms with E-state index >= 15 is 0 Å². The molecule has 0 aliphatic heterocycles. The van der Waals surface area contributed by atoms with Gasteiger partial charge in [0.25, 0.3) is 0 Å². The highest BCUT2D eigenvalue weighted by Gasteiger charge is 2.14. The van der Waals surface area contributed by atoms with Crippen LogP contribution in [0.3, 0.4) is 0 Å². The molecule has 1 N–H and O–H groups in total. The number of benzene rings is 1. The van der Waals surface area contributed by atoms with Gasteiger partial charge in [0.15, 0.2) is 0 Å². The first kappa shape index (κ1) is 14.2. The number of carbonyl (C=O) groups is 1. The Bertz CT molecular complexity index is 410. The summed E-state index contributed by atoms with van der Waals surface area (Å²) in [6, 6.07) is 11.6. The first-order valence-electron chi connectivity index (χ1n) is 6.00. The minimum absolute atomic E-state index is 0.0769. The van der Waals surface area contributed by atoms with Crippen molar-refractivity contribution in [3.63, 3.8) is 0 Å². The van der Waals surface area contributed by atoms with Crippen LogP contribution in [0.2, 0.25) is 0 Å². The maximum Gasteiger partial charge on any atom is 0.223 e. The van der Waals surface area contributed by atoms with Crippen LogP contribution in [0.15, 0.2) is 30.3 Å². The van der Waals surface area contributed by atoms with Crippen molar-refractivity contribution in [2.75, 3.05) is 6.54 Å². The fourth-order valence-corrected chi connectivity index (χ4v) is 1.61. The molecule has 0 radical (unpaired) electrons. The second kappa shape index (κ2) is 7.46. The Hall–Kier alpha value is -1.86. The molecule has 0 fully saturated rings. The van der Waals surface area contributed by atoms with Gasteiger partial charge in [0, 0.05) is 13.0 Å². The first-order chi connectivity index (χ1) is 8.63. The smallest absolute Gasteiger partial charge is 0.223 e. The van der Waals surface area contributed by atoms with Crippen LogP contribution in [0.4, 0.5) is 0 Å². The molecule has 1 rings (SSSR count). The maximum absolute atomic E-state index is 11.9. The second-order valence-electron chi connectivity index (χ2n) is 4.28. The zero-order valence-electron chi connectivity index (χ0n) is 10.5. The van der Waals surface area contributed by atoms with E-state index in [0.717, 1.165) is 5.56 Å². The van der Waals surface area contributed by atoms with Gasteiger partial charge < -0.3 is 10.0 Å². The molecule has 18 heavy (non-hydrogen) atoms. The quantitative estimate of drug-likeness (QED) is 0.777. The predicted octanol–water partition coefficient (Wildman–Crippen LogP) is 1.70. The molecule has 1 aromatic rings. The van der Waals surface area contributed by atoms with Crippen LogP contribution < -0.4 is 0 Å². The third-order valence-corrected chi connectivity index (χ3v) is 2.61. The Kier molecular flexibility index (Phi) is 5.89. The van der Waals surface area contributed by atoms with Crippen molar-refractivity contribution in [3.05, 3.63) is 35.9 Å². The molecule has 1 atom stereocenters. The number of aliphatic hydroxyl groups excluding tert-OH is 1. The number of nitrogens with zero attached hydrogens (tertiary/aromatic N) is 2. The number of nitriles is 1. The monoisotopic (exact) mass is 246 g/mol. The Morgan fingerprint density at radius 3 is 2.67 bits per heavy atom. The summed E-state index contributed by atoms with van der Waals surface area (Å²) in [5, 5.41) is 17.9. The maximum atomic E-state index is 11.9. The van der Waals surface area contributed by atoms with Gasteiger partial charge in [-0.05, 0) is 18.9 Å². The predicted molar refractivity (Wildman–Crippen MR) is 68.4 cm³/mol. The van der Waals surface area contributed by atoms with E-state index in [4.69, 9.17) is 10.4 Å². The van der Waals surface area contributed by atoms with Crippen LogP contribution in [0, 0.1) is 11.3 Å². The summed E-state index contributed by atoms with van der Waals surface area (Å²) in [4.78, 5) is 13.4. The van der Waals surface area contributed by atoms with Crippen LogP contribution in [-0.2, 0) is 11.3 Å².